The molecule has 0 fully saturated rings. The van der Waals surface area contributed by atoms with Crippen LogP contribution in [0.3, 0.4) is 0 Å². The molecular weight excluding hydrogens is 318 g/mol. The molecular formula is C20H21NO4. The smallest absolute Gasteiger partial charge is 0.411 e. The lowest BCUT2D eigenvalue weighted by Gasteiger charge is -2.34. The molecule has 2 unspecified atom stereocenters. The van der Waals surface area contributed by atoms with Gasteiger partial charge in [-0.1, -0.05) is 54.6 Å². The van der Waals surface area contributed by atoms with Crippen molar-refractivity contribution in [1.82, 2.24) is 4.90 Å². The van der Waals surface area contributed by atoms with Crippen LogP contribution in [0.25, 0.3) is 0 Å². The summed E-state index contributed by atoms with van der Waals surface area (Å²) in [5, 5.41) is 9.50. The molecule has 1 aliphatic rings. The first-order valence-electron chi connectivity index (χ1n) is 8.35. The summed E-state index contributed by atoms with van der Waals surface area (Å²) in [4.78, 5) is 25.5. The summed E-state index contributed by atoms with van der Waals surface area (Å²) in [6.45, 7) is 2.07. The molecule has 0 spiro atoms. The number of carboxylic acid groups (broad SMARTS) is 1. The summed E-state index contributed by atoms with van der Waals surface area (Å²) in [6, 6.07) is 16.5. The van der Waals surface area contributed by atoms with Crippen molar-refractivity contribution in [2.45, 2.75) is 38.5 Å². The van der Waals surface area contributed by atoms with Gasteiger partial charge >= 0.3 is 12.1 Å². The zero-order valence-corrected chi connectivity index (χ0v) is 14.1. The Hall–Kier alpha value is -2.82. The fraction of sp³-hybridized carbons (Fsp3) is 0.300. The molecule has 25 heavy (non-hydrogen) atoms. The van der Waals surface area contributed by atoms with E-state index in [1.165, 1.54) is 4.90 Å². The largest absolute Gasteiger partial charge is 0.480 e. The highest BCUT2D eigenvalue weighted by molar-refractivity contribution is 5.81. The third-order valence-corrected chi connectivity index (χ3v) is 4.44. The van der Waals surface area contributed by atoms with Crippen LogP contribution in [0.2, 0.25) is 0 Å². The number of hydrogen-bond donors (Lipinski definition) is 1. The van der Waals surface area contributed by atoms with Crippen LogP contribution < -0.4 is 0 Å². The molecule has 1 N–H and O–H groups in total. The second-order valence-corrected chi connectivity index (χ2v) is 6.34. The van der Waals surface area contributed by atoms with Gasteiger partial charge in [0.25, 0.3) is 0 Å². The predicted octanol–water partition coefficient (Wildman–Crippen LogP) is 3.27. The summed E-state index contributed by atoms with van der Waals surface area (Å²) in [5.74, 6) is -1.01. The monoisotopic (exact) mass is 339 g/mol. The fourth-order valence-electron chi connectivity index (χ4n) is 3.16. The van der Waals surface area contributed by atoms with Gasteiger partial charge in [-0.15, -0.1) is 0 Å². The molecule has 2 atom stereocenters. The van der Waals surface area contributed by atoms with Gasteiger partial charge in [-0.05, 0) is 23.6 Å². The molecule has 1 heterocycles. The van der Waals surface area contributed by atoms with Crippen molar-refractivity contribution in [2.24, 2.45) is 0 Å². The van der Waals surface area contributed by atoms with Crippen molar-refractivity contribution in [1.29, 1.82) is 0 Å². The first-order valence-corrected chi connectivity index (χ1v) is 8.35. The third kappa shape index (κ3) is 3.99. The Balaban J connectivity index is 1.70. The number of amides is 1. The van der Waals surface area contributed by atoms with E-state index in [0.29, 0.717) is 12.8 Å². The van der Waals surface area contributed by atoms with E-state index in [1.807, 2.05) is 61.5 Å². The van der Waals surface area contributed by atoms with Crippen LogP contribution in [0.4, 0.5) is 4.79 Å². The van der Waals surface area contributed by atoms with Crippen LogP contribution in [-0.4, -0.2) is 34.2 Å². The topological polar surface area (TPSA) is 66.8 Å². The zero-order valence-electron chi connectivity index (χ0n) is 14.1. The Kier molecular flexibility index (Phi) is 5.03. The van der Waals surface area contributed by atoms with Crippen LogP contribution in [-0.2, 0) is 28.9 Å². The van der Waals surface area contributed by atoms with Gasteiger partial charge in [0, 0.05) is 12.8 Å². The third-order valence-electron chi connectivity index (χ3n) is 4.44. The molecule has 5 nitrogen and oxygen atoms in total. The van der Waals surface area contributed by atoms with E-state index in [4.69, 9.17) is 4.74 Å². The number of hydrogen-bond acceptors (Lipinski definition) is 3. The van der Waals surface area contributed by atoms with Crippen LogP contribution in [0.1, 0.15) is 23.6 Å². The van der Waals surface area contributed by atoms with Gasteiger partial charge in [0.1, 0.15) is 12.1 Å². The lowest BCUT2D eigenvalue weighted by molar-refractivity contribution is -0.143. The maximum absolute atomic E-state index is 12.6. The lowest BCUT2D eigenvalue weighted by atomic mass is 9.94. The fourth-order valence-corrected chi connectivity index (χ4v) is 3.16. The predicted molar refractivity (Wildman–Crippen MR) is 93.2 cm³/mol. The van der Waals surface area contributed by atoms with Crippen LogP contribution >= 0.6 is 0 Å². The second-order valence-electron chi connectivity index (χ2n) is 6.34. The number of rotatable bonds is 4. The summed E-state index contributed by atoms with van der Waals surface area (Å²) in [5.41, 5.74) is 3.01. The van der Waals surface area contributed by atoms with Crippen molar-refractivity contribution in [3.63, 3.8) is 0 Å². The van der Waals surface area contributed by atoms with Gasteiger partial charge < -0.3 is 9.84 Å². The van der Waals surface area contributed by atoms with Gasteiger partial charge in [-0.2, -0.15) is 0 Å². The van der Waals surface area contributed by atoms with Gasteiger partial charge in [-0.25, -0.2) is 9.59 Å². The molecule has 2 aromatic rings. The Labute approximate surface area is 146 Å². The first kappa shape index (κ1) is 17.0. The molecule has 3 rings (SSSR count). The molecule has 130 valence electrons. The average molecular weight is 339 g/mol. The summed E-state index contributed by atoms with van der Waals surface area (Å²) >= 11 is 0. The van der Waals surface area contributed by atoms with E-state index in [0.717, 1.165) is 16.7 Å². The van der Waals surface area contributed by atoms with Crippen molar-refractivity contribution in [2.75, 3.05) is 0 Å². The highest BCUT2D eigenvalue weighted by Crippen LogP contribution is 2.24. The van der Waals surface area contributed by atoms with Crippen LogP contribution in [0, 0.1) is 0 Å². The molecule has 1 amide bonds. The number of carboxylic acids is 1. The molecule has 2 aromatic carbocycles. The molecule has 1 aliphatic heterocycles. The standard InChI is InChI=1S/C20H21NO4/c1-14(11-15-7-3-2-4-8-15)25-20(24)21-13-17-10-6-5-9-16(17)12-18(21)19(22)23/h2-10,14,18H,11-13H2,1H3,(H,22,23). The number of carbonyl (C=O) groups excluding carboxylic acids is 1. The molecule has 0 aliphatic carbocycles. The molecule has 5 heteroatoms. The Morgan fingerprint density at radius 2 is 1.76 bits per heavy atom. The minimum absolute atomic E-state index is 0.254. The molecule has 0 saturated heterocycles. The van der Waals surface area contributed by atoms with Gasteiger partial charge in [0.05, 0.1) is 6.54 Å². The Morgan fingerprint density at radius 1 is 1.12 bits per heavy atom. The molecule has 0 radical (unpaired) electrons. The SMILES string of the molecule is CC(Cc1ccccc1)OC(=O)N1Cc2ccccc2CC1C(=O)O. The first-order chi connectivity index (χ1) is 12.0. The summed E-state index contributed by atoms with van der Waals surface area (Å²) < 4.78 is 5.51. The molecule has 0 bridgehead atoms. The Bertz CT molecular complexity index is 759. The van der Waals surface area contributed by atoms with Crippen LogP contribution in [0.15, 0.2) is 54.6 Å². The number of carbonyl (C=O) groups is 2. The van der Waals surface area contributed by atoms with E-state index < -0.39 is 18.1 Å². The maximum Gasteiger partial charge on any atom is 0.411 e. The number of ether oxygens (including phenoxy) is 1. The molecule has 0 aromatic heterocycles. The van der Waals surface area contributed by atoms with Crippen molar-refractivity contribution >= 4 is 12.1 Å². The summed E-state index contributed by atoms with van der Waals surface area (Å²) in [6.07, 6.45) is -0.0190. The number of fused-ring (bicyclic) bond motifs is 1. The lowest BCUT2D eigenvalue weighted by Crippen LogP contribution is -2.49. The minimum Gasteiger partial charge on any atom is -0.480 e. The zero-order chi connectivity index (χ0) is 17.8. The van der Waals surface area contributed by atoms with E-state index in [9.17, 15) is 14.7 Å². The van der Waals surface area contributed by atoms with E-state index in [-0.39, 0.29) is 12.6 Å². The van der Waals surface area contributed by atoms with Crippen molar-refractivity contribution in [3.8, 4) is 0 Å². The molecule has 0 saturated carbocycles. The highest BCUT2D eigenvalue weighted by atomic mass is 16.6. The average Bonchev–Trinajstić information content (AvgIpc) is 2.61. The van der Waals surface area contributed by atoms with Gasteiger partial charge in [0.15, 0.2) is 0 Å². The van der Waals surface area contributed by atoms with Gasteiger partial charge in [-0.3, -0.25) is 4.90 Å². The van der Waals surface area contributed by atoms with E-state index in [2.05, 4.69) is 0 Å². The maximum atomic E-state index is 12.6. The Morgan fingerprint density at radius 3 is 2.44 bits per heavy atom. The number of aliphatic carboxylic acids is 1. The van der Waals surface area contributed by atoms with E-state index >= 15 is 0 Å². The minimum atomic E-state index is -1.01. The van der Waals surface area contributed by atoms with Crippen LogP contribution in [0.5, 0.6) is 0 Å². The van der Waals surface area contributed by atoms with Gasteiger partial charge in [0.2, 0.25) is 0 Å². The second kappa shape index (κ2) is 7.38. The number of benzene rings is 2. The number of nitrogens with zero attached hydrogens (tertiary/aromatic N) is 1. The quantitative estimate of drug-likeness (QED) is 0.928. The summed E-state index contributed by atoms with van der Waals surface area (Å²) in [7, 11) is 0. The highest BCUT2D eigenvalue weighted by Gasteiger charge is 2.35. The van der Waals surface area contributed by atoms with Crippen molar-refractivity contribution < 1.29 is 19.4 Å². The normalized spacial score (nSPS) is 17.5. The van der Waals surface area contributed by atoms with Crippen molar-refractivity contribution in [3.05, 3.63) is 71.3 Å². The van der Waals surface area contributed by atoms with E-state index in [1.54, 1.807) is 0 Å².